The van der Waals surface area contributed by atoms with Crippen molar-refractivity contribution in [3.63, 3.8) is 0 Å². The first-order valence-electron chi connectivity index (χ1n) is 7.32. The molecule has 0 saturated carbocycles. The van der Waals surface area contributed by atoms with Gasteiger partial charge in [0.2, 0.25) is 0 Å². The average molecular weight is 365 g/mol. The van der Waals surface area contributed by atoms with Gasteiger partial charge in [0.1, 0.15) is 5.50 Å². The molecule has 1 aromatic rings. The third kappa shape index (κ3) is 2.32. The van der Waals surface area contributed by atoms with Gasteiger partial charge in [-0.1, -0.05) is 23.7 Å². The molecule has 8 nitrogen and oxygen atoms in total. The van der Waals surface area contributed by atoms with Gasteiger partial charge in [0.15, 0.2) is 17.9 Å². The Morgan fingerprint density at radius 1 is 1.12 bits per heavy atom. The van der Waals surface area contributed by atoms with Crippen molar-refractivity contribution in [1.29, 1.82) is 0 Å². The molecule has 1 fully saturated rings. The highest BCUT2D eigenvalue weighted by atomic mass is 35.5. The van der Waals surface area contributed by atoms with E-state index in [9.17, 15) is 24.0 Å². The van der Waals surface area contributed by atoms with Crippen LogP contribution in [0.1, 0.15) is 27.6 Å². The molecule has 130 valence electrons. The van der Waals surface area contributed by atoms with Crippen LogP contribution in [0.2, 0.25) is 0 Å². The Balaban J connectivity index is 1.89. The third-order valence-electron chi connectivity index (χ3n) is 4.23. The monoisotopic (exact) mass is 364 g/mol. The van der Waals surface area contributed by atoms with Gasteiger partial charge in [0.05, 0.1) is 18.2 Å². The maximum absolute atomic E-state index is 12.5. The molecule has 0 spiro atoms. The lowest BCUT2D eigenvalue weighted by molar-refractivity contribution is -0.168. The number of carbonyl (C=O) groups excluding carboxylic acids is 5. The van der Waals surface area contributed by atoms with E-state index >= 15 is 0 Å². The molecule has 0 aromatic heterocycles. The molecule has 2 aliphatic rings. The number of halogens is 1. The van der Waals surface area contributed by atoms with Crippen molar-refractivity contribution >= 4 is 41.1 Å². The lowest BCUT2D eigenvalue weighted by atomic mass is 9.99. The summed E-state index contributed by atoms with van der Waals surface area (Å²) < 4.78 is 4.52. The number of ketones is 1. The van der Waals surface area contributed by atoms with Crippen LogP contribution in [0.4, 0.5) is 0 Å². The van der Waals surface area contributed by atoms with Gasteiger partial charge in [-0.3, -0.25) is 24.1 Å². The van der Waals surface area contributed by atoms with Crippen molar-refractivity contribution in [1.82, 2.24) is 9.80 Å². The number of alkyl halides is 1. The summed E-state index contributed by atoms with van der Waals surface area (Å²) in [5.74, 6) is -3.61. The van der Waals surface area contributed by atoms with E-state index in [1.165, 1.54) is 12.1 Å². The first-order valence-corrected chi connectivity index (χ1v) is 7.76. The number of nitrogens with zero attached hydrogens (tertiary/aromatic N) is 2. The number of rotatable bonds is 4. The number of likely N-dealkylation sites (tertiary alicyclic amines) is 1. The fraction of sp³-hybridized carbons (Fsp3) is 0.312. The highest BCUT2D eigenvalue weighted by Crippen LogP contribution is 2.36. The van der Waals surface area contributed by atoms with E-state index in [-0.39, 0.29) is 11.1 Å². The van der Waals surface area contributed by atoms with Crippen LogP contribution in [0.5, 0.6) is 0 Å². The van der Waals surface area contributed by atoms with Gasteiger partial charge in [-0.15, -0.1) is 0 Å². The molecular weight excluding hydrogens is 352 g/mol. The molecule has 2 aliphatic heterocycles. The average Bonchev–Trinajstić information content (AvgIpc) is 2.84. The normalized spacial score (nSPS) is 23.2. The lowest BCUT2D eigenvalue weighted by Crippen LogP contribution is -2.73. The predicted molar refractivity (Wildman–Crippen MR) is 83.7 cm³/mol. The zero-order chi connectivity index (χ0) is 18.5. The van der Waals surface area contributed by atoms with E-state index < -0.39 is 47.1 Å². The van der Waals surface area contributed by atoms with Crippen LogP contribution in [-0.4, -0.2) is 64.0 Å². The maximum atomic E-state index is 12.5. The van der Waals surface area contributed by atoms with E-state index in [4.69, 9.17) is 11.6 Å². The number of β-lactam (4-membered cyclic amide) rings is 1. The number of Topliss-reactive ketones (excluding diaryl/α,β-unsaturated/α-hetero) is 1. The molecule has 0 radical (unpaired) electrons. The summed E-state index contributed by atoms with van der Waals surface area (Å²) in [6, 6.07) is 3.37. The first-order chi connectivity index (χ1) is 11.8. The van der Waals surface area contributed by atoms with Gasteiger partial charge < -0.3 is 9.64 Å². The number of hydrogen-bond acceptors (Lipinski definition) is 6. The molecule has 1 aromatic carbocycles. The summed E-state index contributed by atoms with van der Waals surface area (Å²) in [4.78, 5) is 62.5. The number of fused-ring (bicyclic) bond motifs is 1. The lowest BCUT2D eigenvalue weighted by Gasteiger charge is -2.48. The van der Waals surface area contributed by atoms with Crippen LogP contribution in [0.15, 0.2) is 24.3 Å². The number of hydrogen-bond donors (Lipinski definition) is 0. The molecule has 0 aliphatic carbocycles. The highest BCUT2D eigenvalue weighted by molar-refractivity contribution is 6.30. The molecule has 0 N–H and O–H groups in total. The Labute approximate surface area is 147 Å². The van der Waals surface area contributed by atoms with E-state index in [1.54, 1.807) is 12.1 Å². The quantitative estimate of drug-likeness (QED) is 0.189. The van der Waals surface area contributed by atoms with E-state index in [0.717, 1.165) is 23.8 Å². The number of ether oxygens (including phenoxy) is 1. The summed E-state index contributed by atoms with van der Waals surface area (Å²) in [6.07, 6.45) is 0. The highest BCUT2D eigenvalue weighted by Gasteiger charge is 2.59. The smallest absolute Gasteiger partial charge is 0.336 e. The molecular formula is C16H13ClN2O6. The van der Waals surface area contributed by atoms with Crippen molar-refractivity contribution in [3.05, 3.63) is 35.4 Å². The Bertz CT molecular complexity index is 788. The number of amides is 3. The second-order valence-corrected chi connectivity index (χ2v) is 6.07. The Kier molecular flexibility index (Phi) is 4.08. The van der Waals surface area contributed by atoms with Gasteiger partial charge in [-0.25, -0.2) is 4.79 Å². The van der Waals surface area contributed by atoms with Crippen LogP contribution >= 0.6 is 11.6 Å². The first kappa shape index (κ1) is 17.1. The number of imide groups is 1. The van der Waals surface area contributed by atoms with Gasteiger partial charge >= 0.3 is 5.97 Å². The summed E-state index contributed by atoms with van der Waals surface area (Å²) in [6.45, 7) is 1.12. The van der Waals surface area contributed by atoms with E-state index in [0.29, 0.717) is 0 Å². The summed E-state index contributed by atoms with van der Waals surface area (Å²) in [5, 5.41) is 0. The summed E-state index contributed by atoms with van der Waals surface area (Å²) in [5.41, 5.74) is -0.847. The van der Waals surface area contributed by atoms with Crippen LogP contribution < -0.4 is 0 Å². The van der Waals surface area contributed by atoms with Crippen molar-refractivity contribution in [2.24, 2.45) is 0 Å². The largest absolute Gasteiger partial charge is 0.467 e. The summed E-state index contributed by atoms with van der Waals surface area (Å²) >= 11 is 6.17. The molecule has 25 heavy (non-hydrogen) atoms. The van der Waals surface area contributed by atoms with Gasteiger partial charge in [0, 0.05) is 0 Å². The number of benzene rings is 1. The van der Waals surface area contributed by atoms with Crippen molar-refractivity contribution in [3.8, 4) is 0 Å². The Morgan fingerprint density at radius 2 is 1.64 bits per heavy atom. The van der Waals surface area contributed by atoms with E-state index in [2.05, 4.69) is 4.74 Å². The maximum Gasteiger partial charge on any atom is 0.336 e. The number of carbonyl (C=O) groups is 5. The SMILES string of the molecule is COC(=O)C(C(C)=O)N1C(=O)[C@H](N2C(=O)c3ccccc3C2=O)[C@H]1Cl. The number of methoxy groups -OCH3 is 1. The summed E-state index contributed by atoms with van der Waals surface area (Å²) in [7, 11) is 1.08. The Hall–Kier alpha value is -2.74. The molecule has 1 saturated heterocycles. The second-order valence-electron chi connectivity index (χ2n) is 5.63. The fourth-order valence-corrected chi connectivity index (χ4v) is 3.44. The zero-order valence-corrected chi connectivity index (χ0v) is 14.0. The van der Waals surface area contributed by atoms with Gasteiger partial charge in [0.25, 0.3) is 17.7 Å². The van der Waals surface area contributed by atoms with Gasteiger partial charge in [-0.2, -0.15) is 0 Å². The molecule has 1 unspecified atom stereocenters. The van der Waals surface area contributed by atoms with Gasteiger partial charge in [-0.05, 0) is 19.1 Å². The van der Waals surface area contributed by atoms with Crippen LogP contribution in [0, 0.1) is 0 Å². The third-order valence-corrected chi connectivity index (χ3v) is 4.67. The van der Waals surface area contributed by atoms with Crippen LogP contribution in [0.25, 0.3) is 0 Å². The minimum Gasteiger partial charge on any atom is -0.467 e. The fourth-order valence-electron chi connectivity index (χ4n) is 3.01. The molecule has 3 atom stereocenters. The molecule has 0 bridgehead atoms. The predicted octanol–water partition coefficient (Wildman–Crippen LogP) is 0.189. The van der Waals surface area contributed by atoms with Crippen LogP contribution in [-0.2, 0) is 19.1 Å². The molecule has 3 rings (SSSR count). The van der Waals surface area contributed by atoms with Crippen molar-refractivity contribution in [2.75, 3.05) is 7.11 Å². The van der Waals surface area contributed by atoms with Crippen LogP contribution in [0.3, 0.4) is 0 Å². The number of esters is 1. The van der Waals surface area contributed by atoms with Crippen molar-refractivity contribution < 1.29 is 28.7 Å². The zero-order valence-electron chi connectivity index (χ0n) is 13.3. The minimum absolute atomic E-state index is 0.179. The molecule has 9 heteroatoms. The standard InChI is InChI=1S/C16H13ClN2O6/c1-7(20)10(16(24)25-2)18-12(17)11(15(18)23)19-13(21)8-5-3-4-6-9(8)14(19)22/h3-6,10-12H,1-2H3/t10?,11-,12+/m1/s1. The topological polar surface area (TPSA) is 101 Å². The molecule has 2 heterocycles. The molecule has 3 amide bonds. The Morgan fingerprint density at radius 3 is 2.04 bits per heavy atom. The minimum atomic E-state index is -1.51. The second kappa shape index (κ2) is 5.96. The van der Waals surface area contributed by atoms with Crippen molar-refractivity contribution in [2.45, 2.75) is 24.5 Å². The van der Waals surface area contributed by atoms with E-state index in [1.807, 2.05) is 0 Å².